The van der Waals surface area contributed by atoms with Crippen LogP contribution in [0.5, 0.6) is 0 Å². The van der Waals surface area contributed by atoms with E-state index in [2.05, 4.69) is 11.9 Å². The molecule has 1 amide bonds. The molecule has 0 unspecified atom stereocenters. The van der Waals surface area contributed by atoms with Crippen LogP contribution < -0.4 is 5.32 Å². The van der Waals surface area contributed by atoms with Crippen LogP contribution in [0.15, 0.2) is 12.7 Å². The summed E-state index contributed by atoms with van der Waals surface area (Å²) in [6.07, 6.45) is 5.26. The van der Waals surface area contributed by atoms with Gasteiger partial charge < -0.3 is 5.32 Å². The highest BCUT2D eigenvalue weighted by molar-refractivity contribution is 5.82. The predicted molar refractivity (Wildman–Crippen MR) is 43.0 cm³/mol. The van der Waals surface area contributed by atoms with E-state index in [1.54, 1.807) is 0 Å². The molecule has 2 atom stereocenters. The first-order valence-corrected chi connectivity index (χ1v) is 4.24. The van der Waals surface area contributed by atoms with Gasteiger partial charge in [0.2, 0.25) is 5.91 Å². The van der Waals surface area contributed by atoms with Crippen molar-refractivity contribution in [3.63, 3.8) is 0 Å². The van der Waals surface area contributed by atoms with Crippen LogP contribution in [0.2, 0.25) is 0 Å². The molecule has 2 fully saturated rings. The molecule has 0 aliphatic heterocycles. The average Bonchev–Trinajstić information content (AvgIpc) is 2.82. The zero-order valence-corrected chi connectivity index (χ0v) is 6.55. The summed E-state index contributed by atoms with van der Waals surface area (Å²) in [7, 11) is 0. The Balaban J connectivity index is 1.77. The van der Waals surface area contributed by atoms with Gasteiger partial charge in [-0.15, -0.1) is 6.58 Å². The van der Waals surface area contributed by atoms with Crippen molar-refractivity contribution in [1.82, 2.24) is 5.32 Å². The molecule has 2 rings (SSSR count). The molecular weight excluding hydrogens is 138 g/mol. The minimum Gasteiger partial charge on any atom is -0.353 e. The lowest BCUT2D eigenvalue weighted by Gasteiger charge is -1.99. The van der Waals surface area contributed by atoms with E-state index in [1.807, 2.05) is 6.08 Å². The largest absolute Gasteiger partial charge is 0.353 e. The van der Waals surface area contributed by atoms with E-state index < -0.39 is 0 Å². The fraction of sp³-hybridized carbons (Fsp3) is 0.667. The van der Waals surface area contributed by atoms with E-state index in [0.717, 1.165) is 6.42 Å². The number of hydrogen-bond acceptors (Lipinski definition) is 1. The van der Waals surface area contributed by atoms with Gasteiger partial charge in [0.05, 0.1) is 0 Å². The molecule has 0 aromatic carbocycles. The van der Waals surface area contributed by atoms with Crippen molar-refractivity contribution in [2.75, 3.05) is 0 Å². The minimum atomic E-state index is 0.248. The lowest BCUT2D eigenvalue weighted by atomic mass is 10.3. The van der Waals surface area contributed by atoms with Crippen LogP contribution in [0, 0.1) is 11.8 Å². The fourth-order valence-corrected chi connectivity index (χ4v) is 1.31. The molecule has 2 heteroatoms. The van der Waals surface area contributed by atoms with E-state index in [1.165, 1.54) is 12.8 Å². The topological polar surface area (TPSA) is 29.1 Å². The molecule has 2 saturated carbocycles. The van der Waals surface area contributed by atoms with Gasteiger partial charge in [0.1, 0.15) is 0 Å². The van der Waals surface area contributed by atoms with Gasteiger partial charge in [-0.05, 0) is 25.2 Å². The van der Waals surface area contributed by atoms with Crippen molar-refractivity contribution in [3.8, 4) is 0 Å². The first-order valence-electron chi connectivity index (χ1n) is 4.24. The summed E-state index contributed by atoms with van der Waals surface area (Å²) < 4.78 is 0. The smallest absolute Gasteiger partial charge is 0.223 e. The monoisotopic (exact) mass is 151 g/mol. The van der Waals surface area contributed by atoms with Gasteiger partial charge in [0.15, 0.2) is 0 Å². The molecule has 0 aromatic rings. The van der Waals surface area contributed by atoms with Gasteiger partial charge >= 0.3 is 0 Å². The first-order chi connectivity index (χ1) is 5.31. The standard InChI is InChI=1S/C9H13NO/c1-2-6-5-8(6)9(11)10-7-3-4-7/h2,6-8H,1,3-5H2,(H,10,11)/t6-,8+/m1/s1. The SMILES string of the molecule is C=C[C@@H]1C[C@@H]1C(=O)NC1CC1. The summed E-state index contributed by atoms with van der Waals surface area (Å²) in [6.45, 7) is 3.67. The highest BCUT2D eigenvalue weighted by atomic mass is 16.2. The summed E-state index contributed by atoms with van der Waals surface area (Å²) in [5, 5.41) is 2.99. The van der Waals surface area contributed by atoms with E-state index in [-0.39, 0.29) is 11.8 Å². The Morgan fingerprint density at radius 3 is 2.73 bits per heavy atom. The van der Waals surface area contributed by atoms with E-state index in [4.69, 9.17) is 0 Å². The summed E-state index contributed by atoms with van der Waals surface area (Å²) in [4.78, 5) is 11.3. The van der Waals surface area contributed by atoms with Gasteiger partial charge in [-0.1, -0.05) is 6.08 Å². The number of rotatable bonds is 3. The Morgan fingerprint density at radius 1 is 1.55 bits per heavy atom. The molecular formula is C9H13NO. The Kier molecular flexibility index (Phi) is 1.48. The molecule has 2 aliphatic rings. The van der Waals surface area contributed by atoms with Gasteiger partial charge in [-0.25, -0.2) is 0 Å². The quantitative estimate of drug-likeness (QED) is 0.601. The molecule has 11 heavy (non-hydrogen) atoms. The van der Waals surface area contributed by atoms with Crippen LogP contribution in [0.4, 0.5) is 0 Å². The van der Waals surface area contributed by atoms with Crippen molar-refractivity contribution in [2.24, 2.45) is 11.8 Å². The Hall–Kier alpha value is -0.790. The highest BCUT2D eigenvalue weighted by Gasteiger charge is 2.42. The van der Waals surface area contributed by atoms with Crippen molar-refractivity contribution < 1.29 is 4.79 Å². The molecule has 0 radical (unpaired) electrons. The van der Waals surface area contributed by atoms with Crippen molar-refractivity contribution in [3.05, 3.63) is 12.7 Å². The third kappa shape index (κ3) is 1.44. The predicted octanol–water partition coefficient (Wildman–Crippen LogP) is 1.09. The summed E-state index contributed by atoms with van der Waals surface area (Å²) >= 11 is 0. The number of allylic oxidation sites excluding steroid dienone is 1. The summed E-state index contributed by atoms with van der Waals surface area (Å²) in [6, 6.07) is 0.508. The van der Waals surface area contributed by atoms with E-state index in [0.29, 0.717) is 12.0 Å². The molecule has 0 bridgehead atoms. The number of carbonyl (C=O) groups is 1. The van der Waals surface area contributed by atoms with Crippen LogP contribution in [-0.2, 0) is 4.79 Å². The zero-order valence-electron chi connectivity index (χ0n) is 6.55. The molecule has 0 saturated heterocycles. The van der Waals surface area contributed by atoms with Gasteiger partial charge in [0.25, 0.3) is 0 Å². The van der Waals surface area contributed by atoms with Crippen molar-refractivity contribution in [2.45, 2.75) is 25.3 Å². The fourth-order valence-electron chi connectivity index (χ4n) is 1.31. The second-order valence-corrected chi connectivity index (χ2v) is 3.52. The summed E-state index contributed by atoms with van der Waals surface area (Å²) in [5.41, 5.74) is 0. The van der Waals surface area contributed by atoms with Gasteiger partial charge in [-0.2, -0.15) is 0 Å². The van der Waals surface area contributed by atoms with Crippen LogP contribution in [0.3, 0.4) is 0 Å². The Morgan fingerprint density at radius 2 is 2.27 bits per heavy atom. The zero-order chi connectivity index (χ0) is 7.84. The van der Waals surface area contributed by atoms with E-state index >= 15 is 0 Å². The maximum Gasteiger partial charge on any atom is 0.223 e. The minimum absolute atomic E-state index is 0.248. The number of amides is 1. The normalized spacial score (nSPS) is 34.5. The van der Waals surface area contributed by atoms with Crippen LogP contribution >= 0.6 is 0 Å². The third-order valence-corrected chi connectivity index (χ3v) is 2.40. The highest BCUT2D eigenvalue weighted by Crippen LogP contribution is 2.39. The third-order valence-electron chi connectivity index (χ3n) is 2.40. The number of nitrogens with one attached hydrogen (secondary N) is 1. The second-order valence-electron chi connectivity index (χ2n) is 3.52. The van der Waals surface area contributed by atoms with Crippen LogP contribution in [0.25, 0.3) is 0 Å². The lowest BCUT2D eigenvalue weighted by Crippen LogP contribution is -2.27. The molecule has 2 nitrogen and oxygen atoms in total. The second kappa shape index (κ2) is 2.36. The van der Waals surface area contributed by atoms with Crippen LogP contribution in [0.1, 0.15) is 19.3 Å². The Labute approximate surface area is 66.7 Å². The Bertz CT molecular complexity index is 196. The van der Waals surface area contributed by atoms with E-state index in [9.17, 15) is 4.79 Å². The van der Waals surface area contributed by atoms with Crippen molar-refractivity contribution >= 4 is 5.91 Å². The molecule has 1 N–H and O–H groups in total. The molecule has 2 aliphatic carbocycles. The van der Waals surface area contributed by atoms with Crippen LogP contribution in [-0.4, -0.2) is 11.9 Å². The summed E-state index contributed by atoms with van der Waals surface area (Å²) in [5.74, 6) is 0.972. The number of carbonyl (C=O) groups excluding carboxylic acids is 1. The molecule has 0 spiro atoms. The average molecular weight is 151 g/mol. The maximum absolute atomic E-state index is 11.3. The maximum atomic E-state index is 11.3. The molecule has 60 valence electrons. The van der Waals surface area contributed by atoms with Gasteiger partial charge in [-0.3, -0.25) is 4.79 Å². The first kappa shape index (κ1) is 6.89. The molecule has 0 aromatic heterocycles. The van der Waals surface area contributed by atoms with Gasteiger partial charge in [0, 0.05) is 12.0 Å². The lowest BCUT2D eigenvalue weighted by molar-refractivity contribution is -0.122. The number of hydrogen-bond donors (Lipinski definition) is 1. The molecule has 0 heterocycles. The van der Waals surface area contributed by atoms with Crippen molar-refractivity contribution in [1.29, 1.82) is 0 Å².